The van der Waals surface area contributed by atoms with Crippen LogP contribution in [0.4, 0.5) is 0 Å². The summed E-state index contributed by atoms with van der Waals surface area (Å²) in [7, 11) is -7.15. The van der Waals surface area contributed by atoms with E-state index in [4.69, 9.17) is 5.73 Å². The third kappa shape index (κ3) is 4.57. The lowest BCUT2D eigenvalue weighted by molar-refractivity contribution is 0.1000. The first-order valence-corrected chi connectivity index (χ1v) is 11.6. The van der Waals surface area contributed by atoms with Gasteiger partial charge in [-0.05, 0) is 12.1 Å². The zero-order valence-corrected chi connectivity index (χ0v) is 16.8. The molecule has 0 radical (unpaired) electrons. The van der Waals surface area contributed by atoms with E-state index in [1.165, 1.54) is 36.9 Å². The monoisotopic (exact) mass is 434 g/mol. The molecular weight excluding hydrogens is 420 g/mol. The molecule has 29 heavy (non-hydrogen) atoms. The second kappa shape index (κ2) is 7.25. The summed E-state index contributed by atoms with van der Waals surface area (Å²) in [6, 6.07) is 2.80. The van der Waals surface area contributed by atoms with Crippen LogP contribution in [0.25, 0.3) is 22.5 Å². The Morgan fingerprint density at radius 3 is 1.38 bits per heavy atom. The van der Waals surface area contributed by atoms with Crippen LogP contribution in [0.2, 0.25) is 0 Å². The number of hydrogen-bond donors (Lipinski definition) is 1. The van der Waals surface area contributed by atoms with E-state index < -0.39 is 25.6 Å². The van der Waals surface area contributed by atoms with E-state index in [9.17, 15) is 21.6 Å². The molecule has 3 aromatic rings. The van der Waals surface area contributed by atoms with Crippen molar-refractivity contribution in [1.82, 2.24) is 24.9 Å². The quantitative estimate of drug-likeness (QED) is 0.533. The van der Waals surface area contributed by atoms with E-state index in [0.717, 1.165) is 12.5 Å². The summed E-state index contributed by atoms with van der Waals surface area (Å²) in [4.78, 5) is 31.3. The molecule has 11 nitrogen and oxygen atoms in total. The molecule has 3 rings (SSSR count). The number of primary amides is 1. The number of pyridine rings is 1. The van der Waals surface area contributed by atoms with E-state index in [1.807, 2.05) is 0 Å². The van der Waals surface area contributed by atoms with Crippen molar-refractivity contribution in [3.05, 3.63) is 42.5 Å². The molecule has 0 aromatic carbocycles. The number of hydrogen-bond acceptors (Lipinski definition) is 10. The highest BCUT2D eigenvalue weighted by atomic mass is 32.2. The molecule has 0 aliphatic carbocycles. The van der Waals surface area contributed by atoms with E-state index >= 15 is 0 Å². The number of sulfone groups is 2. The van der Waals surface area contributed by atoms with Crippen molar-refractivity contribution in [3.63, 3.8) is 0 Å². The van der Waals surface area contributed by atoms with Gasteiger partial charge >= 0.3 is 0 Å². The maximum Gasteiger partial charge on any atom is 0.248 e. The van der Waals surface area contributed by atoms with Gasteiger partial charge in [0.15, 0.2) is 0 Å². The van der Waals surface area contributed by atoms with E-state index in [0.29, 0.717) is 11.1 Å². The highest BCUT2D eigenvalue weighted by molar-refractivity contribution is 7.90. The molecule has 0 spiro atoms. The highest BCUT2D eigenvalue weighted by Crippen LogP contribution is 2.24. The predicted molar refractivity (Wildman–Crippen MR) is 101 cm³/mol. The summed E-state index contributed by atoms with van der Waals surface area (Å²) in [5.41, 5.74) is 6.69. The first-order valence-electron chi connectivity index (χ1n) is 7.82. The Bertz CT molecular complexity index is 1210. The Kier molecular flexibility index (Phi) is 5.11. The average molecular weight is 434 g/mol. The summed E-state index contributed by atoms with van der Waals surface area (Å²) in [5.74, 6) is -0.725. The maximum atomic E-state index is 11.7. The Morgan fingerprint density at radius 1 is 0.759 bits per heavy atom. The van der Waals surface area contributed by atoms with Crippen LogP contribution in [0.3, 0.4) is 0 Å². The second-order valence-corrected chi connectivity index (χ2v) is 9.86. The van der Waals surface area contributed by atoms with Crippen LogP contribution in [-0.2, 0) is 19.7 Å². The molecule has 150 valence electrons. The molecule has 0 saturated heterocycles. The third-order valence-corrected chi connectivity index (χ3v) is 5.37. The smallest absolute Gasteiger partial charge is 0.248 e. The minimum absolute atomic E-state index is 0.115. The molecule has 0 aliphatic rings. The van der Waals surface area contributed by atoms with Gasteiger partial charge < -0.3 is 5.73 Å². The minimum atomic E-state index is -3.57. The van der Waals surface area contributed by atoms with Crippen molar-refractivity contribution in [2.45, 2.75) is 10.3 Å². The van der Waals surface area contributed by atoms with E-state index in [2.05, 4.69) is 24.9 Å². The largest absolute Gasteiger partial charge is 0.366 e. The predicted octanol–water partition coefficient (Wildman–Crippen LogP) is -0.0985. The fourth-order valence-electron chi connectivity index (χ4n) is 2.25. The van der Waals surface area contributed by atoms with Gasteiger partial charge in [0.25, 0.3) is 0 Å². The van der Waals surface area contributed by atoms with E-state index in [1.54, 1.807) is 0 Å². The van der Waals surface area contributed by atoms with Crippen LogP contribution in [0.1, 0.15) is 10.4 Å². The van der Waals surface area contributed by atoms with Crippen molar-refractivity contribution in [3.8, 4) is 22.5 Å². The fraction of sp³-hybridized carbons (Fsp3) is 0.125. The highest BCUT2D eigenvalue weighted by Gasteiger charge is 2.15. The average Bonchev–Trinajstić information content (AvgIpc) is 2.66. The van der Waals surface area contributed by atoms with Gasteiger partial charge in [-0.15, -0.1) is 0 Å². The molecule has 0 unspecified atom stereocenters. The van der Waals surface area contributed by atoms with Crippen molar-refractivity contribution in [2.75, 3.05) is 12.5 Å². The normalized spacial score (nSPS) is 11.9. The Labute approximate surface area is 165 Å². The molecule has 0 bridgehead atoms. The van der Waals surface area contributed by atoms with Gasteiger partial charge in [-0.1, -0.05) is 0 Å². The summed E-state index contributed by atoms with van der Waals surface area (Å²) in [6.45, 7) is 0. The lowest BCUT2D eigenvalue weighted by Gasteiger charge is -2.08. The zero-order chi connectivity index (χ0) is 21.4. The molecule has 2 N–H and O–H groups in total. The number of amides is 1. The summed E-state index contributed by atoms with van der Waals surface area (Å²) >= 11 is 0. The van der Waals surface area contributed by atoms with E-state index in [-0.39, 0.29) is 27.3 Å². The van der Waals surface area contributed by atoms with Gasteiger partial charge in [0.2, 0.25) is 35.9 Å². The lowest BCUT2D eigenvalue weighted by atomic mass is 10.1. The molecule has 3 aromatic heterocycles. The number of carbonyl (C=O) groups is 1. The number of rotatable bonds is 5. The topological polar surface area (TPSA) is 176 Å². The Morgan fingerprint density at radius 2 is 1.10 bits per heavy atom. The van der Waals surface area contributed by atoms with Crippen LogP contribution in [0.15, 0.2) is 47.2 Å². The molecule has 0 fully saturated rings. The van der Waals surface area contributed by atoms with Gasteiger partial charge in [-0.2, -0.15) is 0 Å². The SMILES string of the molecule is CS(=O)(=O)c1ncc(-c2cc(C(N)=O)cc(-c3cnc(S(C)(=O)=O)nc3)n2)cn1. The van der Waals surface area contributed by atoms with Crippen LogP contribution >= 0.6 is 0 Å². The number of carbonyl (C=O) groups excluding carboxylic acids is 1. The molecular formula is C16H14N6O5S2. The molecule has 13 heteroatoms. The second-order valence-electron chi connectivity index (χ2n) is 6.04. The minimum Gasteiger partial charge on any atom is -0.366 e. The summed E-state index contributed by atoms with van der Waals surface area (Å²) in [6.07, 6.45) is 6.97. The first kappa shape index (κ1) is 20.4. The summed E-state index contributed by atoms with van der Waals surface area (Å²) < 4.78 is 46.0. The summed E-state index contributed by atoms with van der Waals surface area (Å²) in [5, 5.41) is -0.699. The standard InChI is InChI=1S/C16H14N6O5S2/c1-28(24,25)15-18-5-10(6-19-15)12-3-9(14(17)23)4-13(22-12)11-7-20-16(21-8-11)29(2,26)27/h3-8H,1-2H3,(H2,17,23). The maximum absolute atomic E-state index is 11.7. The van der Waals surface area contributed by atoms with Crippen molar-refractivity contribution < 1.29 is 21.6 Å². The molecule has 0 saturated carbocycles. The van der Waals surface area contributed by atoms with Gasteiger partial charge in [0.1, 0.15) is 0 Å². The molecule has 0 atom stereocenters. The number of nitrogens with zero attached hydrogens (tertiary/aromatic N) is 5. The first-order chi connectivity index (χ1) is 13.4. The number of nitrogens with two attached hydrogens (primary N) is 1. The van der Waals surface area contributed by atoms with Crippen LogP contribution in [0, 0.1) is 0 Å². The third-order valence-electron chi connectivity index (χ3n) is 3.62. The van der Waals surface area contributed by atoms with Gasteiger partial charge in [0.05, 0.1) is 11.4 Å². The van der Waals surface area contributed by atoms with Crippen molar-refractivity contribution in [1.29, 1.82) is 0 Å². The van der Waals surface area contributed by atoms with Gasteiger partial charge in [0, 0.05) is 54.0 Å². The Balaban J connectivity index is 2.10. The van der Waals surface area contributed by atoms with Gasteiger partial charge in [-0.25, -0.2) is 41.8 Å². The molecule has 3 heterocycles. The van der Waals surface area contributed by atoms with Crippen LogP contribution in [-0.4, -0.2) is 60.2 Å². The van der Waals surface area contributed by atoms with Crippen LogP contribution < -0.4 is 5.73 Å². The van der Waals surface area contributed by atoms with Crippen molar-refractivity contribution in [2.24, 2.45) is 5.73 Å². The number of aromatic nitrogens is 5. The Hall–Kier alpha value is -3.32. The van der Waals surface area contributed by atoms with Crippen molar-refractivity contribution >= 4 is 25.6 Å². The van der Waals surface area contributed by atoms with Gasteiger partial charge in [-0.3, -0.25) is 4.79 Å². The zero-order valence-electron chi connectivity index (χ0n) is 15.1. The fourth-order valence-corrected chi connectivity index (χ4v) is 3.23. The van der Waals surface area contributed by atoms with Crippen LogP contribution in [0.5, 0.6) is 0 Å². The molecule has 0 aliphatic heterocycles. The molecule has 1 amide bonds. The lowest BCUT2D eigenvalue weighted by Crippen LogP contribution is -2.12.